The van der Waals surface area contributed by atoms with Crippen LogP contribution < -0.4 is 11.1 Å². The number of H-pyrrole nitrogens is 1. The molecule has 4 N–H and O–H groups in total. The number of aromatic amines is 1. The Bertz CT molecular complexity index is 1470. The van der Waals surface area contributed by atoms with Crippen molar-refractivity contribution in [3.63, 3.8) is 0 Å². The fourth-order valence-corrected chi connectivity index (χ4v) is 3.92. The molecule has 0 aliphatic rings. The second-order valence-electron chi connectivity index (χ2n) is 7.34. The van der Waals surface area contributed by atoms with Gasteiger partial charge in [0.05, 0.1) is 42.4 Å². The molecule has 10 nitrogen and oxygen atoms in total. The zero-order valence-electron chi connectivity index (χ0n) is 17.0. The van der Waals surface area contributed by atoms with Gasteiger partial charge in [0.1, 0.15) is 11.8 Å². The number of hydrogen-bond acceptors (Lipinski definition) is 7. The summed E-state index contributed by atoms with van der Waals surface area (Å²) in [4.78, 5) is 28.5. The van der Waals surface area contributed by atoms with E-state index >= 15 is 0 Å². The summed E-state index contributed by atoms with van der Waals surface area (Å²) in [6, 6.07) is 7.39. The molecular weight excluding hydrogens is 430 g/mol. The van der Waals surface area contributed by atoms with Crippen LogP contribution in [0.15, 0.2) is 43.1 Å². The third kappa shape index (κ3) is 3.60. The molecule has 160 valence electrons. The number of nitrogens with two attached hydrogens (primary N) is 1. The van der Waals surface area contributed by atoms with Gasteiger partial charge in [-0.15, -0.1) is 0 Å². The van der Waals surface area contributed by atoms with Crippen molar-refractivity contribution >= 4 is 45.4 Å². The van der Waals surface area contributed by atoms with Gasteiger partial charge < -0.3 is 20.6 Å². The van der Waals surface area contributed by atoms with Crippen LogP contribution in [0.25, 0.3) is 22.1 Å². The lowest BCUT2D eigenvalue weighted by atomic mass is 10.1. The Hall–Kier alpha value is -4.05. The first-order valence-corrected chi connectivity index (χ1v) is 10.1. The molecule has 32 heavy (non-hydrogen) atoms. The van der Waals surface area contributed by atoms with E-state index in [2.05, 4.69) is 35.5 Å². The Balaban J connectivity index is 1.43. The summed E-state index contributed by atoms with van der Waals surface area (Å²) >= 11 is 6.37. The number of nitrogens with one attached hydrogen (secondary N) is 2. The van der Waals surface area contributed by atoms with Gasteiger partial charge in [0.25, 0.3) is 5.91 Å². The number of nitrogen functional groups attached to an aromatic ring is 1. The first kappa shape index (κ1) is 19.9. The van der Waals surface area contributed by atoms with Crippen molar-refractivity contribution in [1.82, 2.24) is 40.0 Å². The quantitative estimate of drug-likeness (QED) is 0.376. The standard InChI is InChI=1S/C21H18ClN9O/c1-11-16(2-3-28-30-11)21(32)24-7-15-6-12-4-14(22)5-13(17(12)29-15)8-31-10-27-18-19(23)25-9-26-20(18)31/h2-6,9-10,29H,7-8H2,1H3,(H,24,32)(H2,23,25,26). The molecule has 0 aliphatic heterocycles. The predicted molar refractivity (Wildman–Crippen MR) is 120 cm³/mol. The first-order chi connectivity index (χ1) is 15.5. The molecule has 4 heterocycles. The number of amides is 1. The van der Waals surface area contributed by atoms with Crippen LogP contribution in [0.4, 0.5) is 5.82 Å². The number of carbonyl (C=O) groups is 1. The van der Waals surface area contributed by atoms with Crippen molar-refractivity contribution in [3.8, 4) is 0 Å². The maximum absolute atomic E-state index is 12.5. The fourth-order valence-electron chi connectivity index (χ4n) is 3.67. The van der Waals surface area contributed by atoms with E-state index in [1.807, 2.05) is 22.8 Å². The molecule has 4 aromatic heterocycles. The molecule has 1 aromatic carbocycles. The highest BCUT2D eigenvalue weighted by Gasteiger charge is 2.14. The first-order valence-electron chi connectivity index (χ1n) is 9.77. The van der Waals surface area contributed by atoms with Crippen LogP contribution in [-0.4, -0.2) is 40.6 Å². The van der Waals surface area contributed by atoms with E-state index in [1.54, 1.807) is 19.3 Å². The van der Waals surface area contributed by atoms with Gasteiger partial charge >= 0.3 is 0 Å². The number of halogens is 1. The van der Waals surface area contributed by atoms with Gasteiger partial charge in [-0.25, -0.2) is 15.0 Å². The number of anilines is 1. The molecule has 0 bridgehead atoms. The molecule has 0 atom stereocenters. The summed E-state index contributed by atoms with van der Waals surface area (Å²) in [5, 5.41) is 12.2. The molecule has 0 radical (unpaired) electrons. The summed E-state index contributed by atoms with van der Waals surface area (Å²) in [5.41, 5.74) is 10.9. The molecule has 0 aliphatic carbocycles. The molecule has 5 aromatic rings. The summed E-state index contributed by atoms with van der Waals surface area (Å²) in [7, 11) is 0. The predicted octanol–water partition coefficient (Wildman–Crippen LogP) is 2.62. The molecule has 0 spiro atoms. The van der Waals surface area contributed by atoms with Crippen LogP contribution >= 0.6 is 11.6 Å². The zero-order chi connectivity index (χ0) is 22.2. The lowest BCUT2D eigenvalue weighted by Gasteiger charge is -2.07. The van der Waals surface area contributed by atoms with E-state index in [4.69, 9.17) is 17.3 Å². The van der Waals surface area contributed by atoms with Crippen molar-refractivity contribution < 1.29 is 4.79 Å². The van der Waals surface area contributed by atoms with E-state index in [9.17, 15) is 4.79 Å². The highest BCUT2D eigenvalue weighted by atomic mass is 35.5. The number of hydrogen-bond donors (Lipinski definition) is 3. The van der Waals surface area contributed by atoms with Gasteiger partial charge in [-0.3, -0.25) is 4.79 Å². The smallest absolute Gasteiger partial charge is 0.253 e. The number of fused-ring (bicyclic) bond motifs is 2. The highest BCUT2D eigenvalue weighted by molar-refractivity contribution is 6.31. The maximum Gasteiger partial charge on any atom is 0.253 e. The Morgan fingerprint density at radius 3 is 2.97 bits per heavy atom. The second kappa shape index (κ2) is 7.89. The topological polar surface area (TPSA) is 140 Å². The number of nitrogens with zero attached hydrogens (tertiary/aromatic N) is 6. The van der Waals surface area contributed by atoms with Crippen molar-refractivity contribution in [1.29, 1.82) is 0 Å². The lowest BCUT2D eigenvalue weighted by molar-refractivity contribution is 0.0949. The number of aromatic nitrogens is 7. The number of rotatable bonds is 5. The van der Waals surface area contributed by atoms with Crippen molar-refractivity contribution in [2.24, 2.45) is 0 Å². The van der Waals surface area contributed by atoms with Gasteiger partial charge in [0.2, 0.25) is 0 Å². The fraction of sp³-hybridized carbons (Fsp3) is 0.143. The van der Waals surface area contributed by atoms with Crippen molar-refractivity contribution in [2.45, 2.75) is 20.0 Å². The minimum Gasteiger partial charge on any atom is -0.382 e. The third-order valence-corrected chi connectivity index (χ3v) is 5.41. The monoisotopic (exact) mass is 447 g/mol. The molecule has 0 saturated heterocycles. The van der Waals surface area contributed by atoms with Gasteiger partial charge in [0, 0.05) is 16.1 Å². The largest absolute Gasteiger partial charge is 0.382 e. The molecule has 1 amide bonds. The highest BCUT2D eigenvalue weighted by Crippen LogP contribution is 2.26. The van der Waals surface area contributed by atoms with E-state index < -0.39 is 0 Å². The Morgan fingerprint density at radius 1 is 1.25 bits per heavy atom. The Kier molecular flexibility index (Phi) is 4.91. The minimum atomic E-state index is -0.212. The Labute approximate surface area is 186 Å². The van der Waals surface area contributed by atoms with Crippen molar-refractivity contribution in [3.05, 3.63) is 70.7 Å². The van der Waals surface area contributed by atoms with Gasteiger partial charge in [0.15, 0.2) is 11.5 Å². The average molecular weight is 448 g/mol. The van der Waals surface area contributed by atoms with Crippen LogP contribution in [0.1, 0.15) is 27.3 Å². The summed E-state index contributed by atoms with van der Waals surface area (Å²) in [6.07, 6.45) is 4.59. The summed E-state index contributed by atoms with van der Waals surface area (Å²) in [6.45, 7) is 2.56. The minimum absolute atomic E-state index is 0.212. The second-order valence-corrected chi connectivity index (χ2v) is 7.78. The number of benzene rings is 1. The van der Waals surface area contributed by atoms with Gasteiger partial charge in [-0.2, -0.15) is 10.2 Å². The average Bonchev–Trinajstić information content (AvgIpc) is 3.37. The molecule has 0 fully saturated rings. The van der Waals surface area contributed by atoms with Gasteiger partial charge in [-0.1, -0.05) is 11.6 Å². The normalized spacial score (nSPS) is 11.3. The van der Waals surface area contributed by atoms with Crippen molar-refractivity contribution in [2.75, 3.05) is 5.73 Å². The molecule has 0 saturated carbocycles. The molecular formula is C21H18ClN9O. The number of imidazole rings is 1. The molecule has 0 unspecified atom stereocenters. The van der Waals surface area contributed by atoms with E-state index in [-0.39, 0.29) is 5.91 Å². The number of aryl methyl sites for hydroxylation is 1. The van der Waals surface area contributed by atoms with Crippen LogP contribution in [-0.2, 0) is 13.1 Å². The number of carbonyl (C=O) groups excluding carboxylic acids is 1. The zero-order valence-corrected chi connectivity index (χ0v) is 17.8. The molecule has 5 rings (SSSR count). The van der Waals surface area contributed by atoms with Crippen LogP contribution in [0.5, 0.6) is 0 Å². The maximum atomic E-state index is 12.5. The van der Waals surface area contributed by atoms with E-state index in [0.717, 1.165) is 22.2 Å². The SMILES string of the molecule is Cc1nnccc1C(=O)NCc1cc2cc(Cl)cc(Cn3cnc4c(N)ncnc43)c2[nH]1. The summed E-state index contributed by atoms with van der Waals surface area (Å²) < 4.78 is 1.89. The summed E-state index contributed by atoms with van der Waals surface area (Å²) in [5.74, 6) is 0.124. The third-order valence-electron chi connectivity index (χ3n) is 5.19. The van der Waals surface area contributed by atoms with Crippen LogP contribution in [0.3, 0.4) is 0 Å². The van der Waals surface area contributed by atoms with Crippen LogP contribution in [0, 0.1) is 6.92 Å². The van der Waals surface area contributed by atoms with Gasteiger partial charge in [-0.05, 0) is 36.8 Å². The van der Waals surface area contributed by atoms with E-state index in [1.165, 1.54) is 12.5 Å². The van der Waals surface area contributed by atoms with E-state index in [0.29, 0.717) is 46.4 Å². The Morgan fingerprint density at radius 2 is 2.12 bits per heavy atom. The lowest BCUT2D eigenvalue weighted by Crippen LogP contribution is -2.24. The van der Waals surface area contributed by atoms with Crippen LogP contribution in [0.2, 0.25) is 5.02 Å². The molecule has 11 heteroatoms.